The molecule has 1 aromatic heterocycles. The van der Waals surface area contributed by atoms with Crippen LogP contribution >= 0.6 is 0 Å². The summed E-state index contributed by atoms with van der Waals surface area (Å²) in [6.07, 6.45) is 8.41. The number of nitrogens with zero attached hydrogens (tertiary/aromatic N) is 3. The Balaban J connectivity index is 1.78. The van der Waals surface area contributed by atoms with Gasteiger partial charge in [0.2, 0.25) is 0 Å². The van der Waals surface area contributed by atoms with Crippen LogP contribution in [0.4, 0.5) is 0 Å². The number of nitrogens with one attached hydrogen (secondary N) is 1. The molecule has 0 atom stereocenters. The van der Waals surface area contributed by atoms with Crippen LogP contribution in [0.1, 0.15) is 58.7 Å². The highest BCUT2D eigenvalue weighted by Crippen LogP contribution is 2.26. The molecule has 1 N–H and O–H groups in total. The molecule has 0 aromatic carbocycles. The van der Waals surface area contributed by atoms with E-state index in [0.29, 0.717) is 12.0 Å². The summed E-state index contributed by atoms with van der Waals surface area (Å²) in [5.74, 6) is 2.65. The lowest BCUT2D eigenvalue weighted by atomic mass is 9.84. The Morgan fingerprint density at radius 1 is 1.32 bits per heavy atom. The maximum atomic E-state index is 4.37. The van der Waals surface area contributed by atoms with Crippen molar-refractivity contribution in [2.24, 2.45) is 11.8 Å². The predicted octanol–water partition coefficient (Wildman–Crippen LogP) is 2.99. The molecule has 1 saturated carbocycles. The molecule has 1 heterocycles. The van der Waals surface area contributed by atoms with Gasteiger partial charge in [0.05, 0.1) is 6.54 Å². The molecule has 19 heavy (non-hydrogen) atoms. The quantitative estimate of drug-likeness (QED) is 0.859. The van der Waals surface area contributed by atoms with Crippen LogP contribution in [0.15, 0.2) is 6.33 Å². The second-order valence-corrected chi connectivity index (χ2v) is 6.26. The summed E-state index contributed by atoms with van der Waals surface area (Å²) in [4.78, 5) is 4.37. The van der Waals surface area contributed by atoms with E-state index < -0.39 is 0 Å². The number of hydrogen-bond donors (Lipinski definition) is 1. The Morgan fingerprint density at radius 2 is 2.05 bits per heavy atom. The average Bonchev–Trinajstić information content (AvgIpc) is 2.83. The van der Waals surface area contributed by atoms with Crippen molar-refractivity contribution in [3.8, 4) is 0 Å². The standard InChI is InChI=1S/C15H28N4/c1-4-13-5-7-14(8-6-13)16-9-15-17-11-18-19(15)10-12(2)3/h11-14,16H,4-10H2,1-3H3. The smallest absolute Gasteiger partial charge is 0.140 e. The Labute approximate surface area is 117 Å². The third-order valence-electron chi connectivity index (χ3n) is 4.21. The third-order valence-corrected chi connectivity index (χ3v) is 4.21. The van der Waals surface area contributed by atoms with E-state index in [4.69, 9.17) is 0 Å². The number of rotatable bonds is 6. The molecule has 108 valence electrons. The maximum Gasteiger partial charge on any atom is 0.140 e. The van der Waals surface area contributed by atoms with Crippen LogP contribution < -0.4 is 5.32 Å². The zero-order valence-corrected chi connectivity index (χ0v) is 12.6. The zero-order chi connectivity index (χ0) is 13.7. The average molecular weight is 264 g/mol. The Kier molecular flexibility index (Phi) is 5.37. The first-order valence-electron chi connectivity index (χ1n) is 7.79. The van der Waals surface area contributed by atoms with Crippen LogP contribution in [-0.2, 0) is 13.1 Å². The Bertz CT molecular complexity index is 364. The van der Waals surface area contributed by atoms with Crippen molar-refractivity contribution in [2.45, 2.75) is 72.0 Å². The van der Waals surface area contributed by atoms with Gasteiger partial charge in [-0.1, -0.05) is 27.2 Å². The normalized spacial score (nSPS) is 24.0. The first kappa shape index (κ1) is 14.5. The fourth-order valence-corrected chi connectivity index (χ4v) is 2.93. The van der Waals surface area contributed by atoms with Crippen molar-refractivity contribution < 1.29 is 0 Å². The molecular formula is C15H28N4. The van der Waals surface area contributed by atoms with Crippen LogP contribution in [0.3, 0.4) is 0 Å². The molecule has 1 fully saturated rings. The second-order valence-electron chi connectivity index (χ2n) is 6.26. The van der Waals surface area contributed by atoms with E-state index in [1.54, 1.807) is 6.33 Å². The molecule has 4 heteroatoms. The van der Waals surface area contributed by atoms with Crippen molar-refractivity contribution in [3.05, 3.63) is 12.2 Å². The molecular weight excluding hydrogens is 236 g/mol. The van der Waals surface area contributed by atoms with Gasteiger partial charge >= 0.3 is 0 Å². The lowest BCUT2D eigenvalue weighted by Gasteiger charge is -2.28. The third kappa shape index (κ3) is 4.30. The monoisotopic (exact) mass is 264 g/mol. The minimum absolute atomic E-state index is 0.612. The molecule has 1 aliphatic carbocycles. The fourth-order valence-electron chi connectivity index (χ4n) is 2.93. The summed E-state index contributed by atoms with van der Waals surface area (Å²) < 4.78 is 2.04. The topological polar surface area (TPSA) is 42.7 Å². The van der Waals surface area contributed by atoms with E-state index in [0.717, 1.165) is 24.8 Å². The first-order valence-corrected chi connectivity index (χ1v) is 7.79. The van der Waals surface area contributed by atoms with Gasteiger partial charge < -0.3 is 5.32 Å². The highest BCUT2D eigenvalue weighted by atomic mass is 15.3. The minimum atomic E-state index is 0.612. The summed E-state index contributed by atoms with van der Waals surface area (Å²) in [7, 11) is 0. The van der Waals surface area contributed by atoms with Crippen molar-refractivity contribution in [3.63, 3.8) is 0 Å². The van der Waals surface area contributed by atoms with Crippen molar-refractivity contribution >= 4 is 0 Å². The lowest BCUT2D eigenvalue weighted by molar-refractivity contribution is 0.282. The van der Waals surface area contributed by atoms with Gasteiger partial charge in [0, 0.05) is 12.6 Å². The van der Waals surface area contributed by atoms with Gasteiger partial charge in [-0.25, -0.2) is 9.67 Å². The minimum Gasteiger partial charge on any atom is -0.307 e. The molecule has 2 rings (SSSR count). The molecule has 0 bridgehead atoms. The van der Waals surface area contributed by atoms with E-state index in [2.05, 4.69) is 36.2 Å². The van der Waals surface area contributed by atoms with Crippen molar-refractivity contribution in [1.29, 1.82) is 0 Å². The maximum absolute atomic E-state index is 4.37. The van der Waals surface area contributed by atoms with Crippen LogP contribution in [0.2, 0.25) is 0 Å². The zero-order valence-electron chi connectivity index (χ0n) is 12.6. The first-order chi connectivity index (χ1) is 9.19. The second kappa shape index (κ2) is 7.04. The summed E-state index contributed by atoms with van der Waals surface area (Å²) in [6, 6.07) is 0.673. The van der Waals surface area contributed by atoms with Gasteiger partial charge in [0.15, 0.2) is 0 Å². The highest BCUT2D eigenvalue weighted by molar-refractivity contribution is 4.86. The van der Waals surface area contributed by atoms with Crippen molar-refractivity contribution in [2.75, 3.05) is 0 Å². The van der Waals surface area contributed by atoms with E-state index >= 15 is 0 Å². The van der Waals surface area contributed by atoms with Gasteiger partial charge in [0.25, 0.3) is 0 Å². The number of aromatic nitrogens is 3. The van der Waals surface area contributed by atoms with Crippen molar-refractivity contribution in [1.82, 2.24) is 20.1 Å². The molecule has 4 nitrogen and oxygen atoms in total. The molecule has 0 aliphatic heterocycles. The van der Waals surface area contributed by atoms with Gasteiger partial charge in [-0.2, -0.15) is 5.10 Å². The van der Waals surface area contributed by atoms with E-state index in [1.807, 2.05) is 4.68 Å². The van der Waals surface area contributed by atoms with Gasteiger partial charge in [-0.3, -0.25) is 0 Å². The van der Waals surface area contributed by atoms with E-state index in [9.17, 15) is 0 Å². The van der Waals surface area contributed by atoms with Gasteiger partial charge in [-0.15, -0.1) is 0 Å². The summed E-state index contributed by atoms with van der Waals surface area (Å²) in [5.41, 5.74) is 0. The number of hydrogen-bond acceptors (Lipinski definition) is 3. The van der Waals surface area contributed by atoms with Crippen LogP contribution in [0.25, 0.3) is 0 Å². The predicted molar refractivity (Wildman–Crippen MR) is 77.7 cm³/mol. The van der Waals surface area contributed by atoms with Gasteiger partial charge in [0.1, 0.15) is 12.2 Å². The Morgan fingerprint density at radius 3 is 2.68 bits per heavy atom. The summed E-state index contributed by atoms with van der Waals surface area (Å²) >= 11 is 0. The molecule has 0 unspecified atom stereocenters. The molecule has 1 aromatic rings. The molecule has 1 aliphatic rings. The van der Waals surface area contributed by atoms with Crippen LogP contribution in [0.5, 0.6) is 0 Å². The molecule has 0 saturated heterocycles. The van der Waals surface area contributed by atoms with E-state index in [-0.39, 0.29) is 0 Å². The lowest BCUT2D eigenvalue weighted by Crippen LogP contribution is -2.33. The molecule has 0 amide bonds. The fraction of sp³-hybridized carbons (Fsp3) is 0.867. The van der Waals surface area contributed by atoms with Crippen LogP contribution in [-0.4, -0.2) is 20.8 Å². The van der Waals surface area contributed by atoms with E-state index in [1.165, 1.54) is 32.1 Å². The molecule has 0 spiro atoms. The Hall–Kier alpha value is -0.900. The SMILES string of the molecule is CCC1CCC(NCc2ncnn2CC(C)C)CC1. The molecule has 0 radical (unpaired) electrons. The summed E-state index contributed by atoms with van der Waals surface area (Å²) in [5, 5.41) is 7.97. The largest absolute Gasteiger partial charge is 0.307 e. The summed E-state index contributed by atoms with van der Waals surface area (Å²) in [6.45, 7) is 8.55. The van der Waals surface area contributed by atoms with Crippen LogP contribution in [0, 0.1) is 11.8 Å². The van der Waals surface area contributed by atoms with Gasteiger partial charge in [-0.05, 0) is 37.5 Å². The highest BCUT2D eigenvalue weighted by Gasteiger charge is 2.19.